The molecule has 2 aromatic rings. The molecule has 0 bridgehead atoms. The third-order valence-corrected chi connectivity index (χ3v) is 8.38. The molecule has 2 saturated carbocycles. The number of carbonyl (C=O) groups is 3. The zero-order valence-corrected chi connectivity index (χ0v) is 23.9. The predicted octanol–water partition coefficient (Wildman–Crippen LogP) is 6.73. The fraction of sp³-hybridized carbons (Fsp3) is 0.500. The second-order valence-electron chi connectivity index (χ2n) is 11.3. The molecule has 0 saturated heterocycles. The molecule has 2 aromatic carbocycles. The number of fused-ring (bicyclic) bond motifs is 1. The normalized spacial score (nSPS) is 24.2. The van der Waals surface area contributed by atoms with Gasteiger partial charge in [0.05, 0.1) is 11.1 Å². The van der Waals surface area contributed by atoms with Gasteiger partial charge >= 0.3 is 17.9 Å². The van der Waals surface area contributed by atoms with Gasteiger partial charge in [0.15, 0.2) is 0 Å². The fourth-order valence-corrected chi connectivity index (χ4v) is 6.39. The first-order valence-electron chi connectivity index (χ1n) is 14.9. The van der Waals surface area contributed by atoms with Crippen molar-refractivity contribution in [3.05, 3.63) is 83.9 Å². The minimum atomic E-state index is -0.956. The quantitative estimate of drug-likeness (QED) is 0.146. The Morgan fingerprint density at radius 2 is 1.61 bits per heavy atom. The number of carboxylic acids is 1. The molecule has 4 rings (SSSR count). The van der Waals surface area contributed by atoms with Crippen molar-refractivity contribution in [3.8, 4) is 0 Å². The van der Waals surface area contributed by atoms with E-state index in [4.69, 9.17) is 19.3 Å². The Kier molecular flexibility index (Phi) is 11.6. The van der Waals surface area contributed by atoms with Crippen molar-refractivity contribution in [2.75, 3.05) is 13.2 Å². The SMILES string of the molecule is CCCCCC(C=C[C@@H]1[C@@H]2CC(CCOCC(=O)O)C[C@H]2C[C@H]1OC(=O)c1ccccc1)OC(=O)c1ccccc1. The maximum Gasteiger partial charge on any atom is 0.338 e. The lowest BCUT2D eigenvalue weighted by atomic mass is 9.89. The molecule has 0 aliphatic heterocycles. The summed E-state index contributed by atoms with van der Waals surface area (Å²) in [5.74, 6) is -0.405. The van der Waals surface area contributed by atoms with Crippen molar-refractivity contribution in [2.24, 2.45) is 23.7 Å². The molecule has 7 heteroatoms. The summed E-state index contributed by atoms with van der Waals surface area (Å²) in [6.45, 7) is 2.30. The molecule has 1 N–H and O–H groups in total. The minimum absolute atomic E-state index is 0.0155. The third kappa shape index (κ3) is 9.02. The summed E-state index contributed by atoms with van der Waals surface area (Å²) in [7, 11) is 0. The van der Waals surface area contributed by atoms with Crippen LogP contribution in [0.3, 0.4) is 0 Å². The van der Waals surface area contributed by atoms with Gasteiger partial charge in [-0.15, -0.1) is 0 Å². The molecule has 0 radical (unpaired) electrons. The number of unbranched alkanes of at least 4 members (excludes halogenated alkanes) is 2. The van der Waals surface area contributed by atoms with Crippen molar-refractivity contribution >= 4 is 17.9 Å². The van der Waals surface area contributed by atoms with Crippen LogP contribution in [0.1, 0.15) is 79.0 Å². The highest BCUT2D eigenvalue weighted by atomic mass is 16.5. The molecular formula is C34H42O7. The molecule has 2 aliphatic rings. The number of esters is 2. The van der Waals surface area contributed by atoms with Crippen LogP contribution in [0.2, 0.25) is 0 Å². The topological polar surface area (TPSA) is 99.1 Å². The Hall–Kier alpha value is -3.45. The lowest BCUT2D eigenvalue weighted by Gasteiger charge is -2.23. The maximum absolute atomic E-state index is 13.0. The molecule has 0 aromatic heterocycles. The molecule has 2 unspecified atom stereocenters. The van der Waals surface area contributed by atoms with Crippen molar-refractivity contribution in [1.82, 2.24) is 0 Å². The van der Waals surface area contributed by atoms with E-state index >= 15 is 0 Å². The van der Waals surface area contributed by atoms with Crippen LogP contribution in [-0.2, 0) is 19.0 Å². The summed E-state index contributed by atoms with van der Waals surface area (Å²) in [4.78, 5) is 36.6. The summed E-state index contributed by atoms with van der Waals surface area (Å²) in [5, 5.41) is 8.84. The van der Waals surface area contributed by atoms with E-state index in [1.54, 1.807) is 24.3 Å². The lowest BCUT2D eigenvalue weighted by molar-refractivity contribution is -0.142. The van der Waals surface area contributed by atoms with E-state index in [1.807, 2.05) is 42.5 Å². The average Bonchev–Trinajstić information content (AvgIpc) is 3.51. The second-order valence-corrected chi connectivity index (χ2v) is 11.3. The number of ether oxygens (including phenoxy) is 3. The molecule has 0 spiro atoms. The predicted molar refractivity (Wildman–Crippen MR) is 155 cm³/mol. The van der Waals surface area contributed by atoms with Crippen LogP contribution < -0.4 is 0 Å². The monoisotopic (exact) mass is 562 g/mol. The largest absolute Gasteiger partial charge is 0.480 e. The van der Waals surface area contributed by atoms with Crippen LogP contribution in [0.25, 0.3) is 0 Å². The minimum Gasteiger partial charge on any atom is -0.480 e. The lowest BCUT2D eigenvalue weighted by Crippen LogP contribution is -2.25. The van der Waals surface area contributed by atoms with Gasteiger partial charge in [-0.3, -0.25) is 0 Å². The molecule has 2 aliphatic carbocycles. The Bertz CT molecular complexity index is 1150. The van der Waals surface area contributed by atoms with Gasteiger partial charge < -0.3 is 19.3 Å². The highest BCUT2D eigenvalue weighted by molar-refractivity contribution is 5.90. The van der Waals surface area contributed by atoms with Gasteiger partial charge in [0.25, 0.3) is 0 Å². The third-order valence-electron chi connectivity index (χ3n) is 8.38. The average molecular weight is 563 g/mol. The molecule has 0 heterocycles. The van der Waals surface area contributed by atoms with Crippen LogP contribution in [0.5, 0.6) is 0 Å². The zero-order chi connectivity index (χ0) is 29.0. The number of carboxylic acid groups (broad SMARTS) is 1. The van der Waals surface area contributed by atoms with Crippen LogP contribution in [0, 0.1) is 23.7 Å². The highest BCUT2D eigenvalue weighted by Crippen LogP contribution is 2.52. The highest BCUT2D eigenvalue weighted by Gasteiger charge is 2.48. The number of aliphatic carboxylic acids is 1. The summed E-state index contributed by atoms with van der Waals surface area (Å²) >= 11 is 0. The molecule has 41 heavy (non-hydrogen) atoms. The standard InChI is InChI=1S/C34H42O7/c1-2-3-6-15-28(40-33(37)25-11-7-4-8-12-25)16-17-29-30-21-24(18-19-39-23-32(35)36)20-27(30)22-31(29)41-34(38)26-13-9-5-10-14-26/h4-5,7-14,16-17,24,27-31H,2-3,6,15,18-23H2,1H3,(H,35,36)/t24?,27-,28?,29+,30+,31+/m0/s1. The van der Waals surface area contributed by atoms with Gasteiger partial charge in [-0.1, -0.05) is 62.2 Å². The van der Waals surface area contributed by atoms with E-state index in [2.05, 4.69) is 13.0 Å². The number of hydrogen-bond donors (Lipinski definition) is 1. The van der Waals surface area contributed by atoms with Crippen molar-refractivity contribution in [2.45, 2.75) is 70.5 Å². The Labute approximate surface area is 242 Å². The van der Waals surface area contributed by atoms with E-state index in [-0.39, 0.29) is 36.7 Å². The number of benzene rings is 2. The molecule has 7 nitrogen and oxygen atoms in total. The van der Waals surface area contributed by atoms with Crippen molar-refractivity contribution in [1.29, 1.82) is 0 Å². The van der Waals surface area contributed by atoms with Crippen LogP contribution in [0.4, 0.5) is 0 Å². The van der Waals surface area contributed by atoms with Crippen LogP contribution >= 0.6 is 0 Å². The first-order valence-corrected chi connectivity index (χ1v) is 14.9. The maximum atomic E-state index is 13.0. The first kappa shape index (κ1) is 30.5. The zero-order valence-electron chi connectivity index (χ0n) is 23.9. The molecule has 0 amide bonds. The summed E-state index contributed by atoms with van der Waals surface area (Å²) in [6.07, 6.45) is 10.9. The number of rotatable bonds is 15. The van der Waals surface area contributed by atoms with Gasteiger partial charge in [0.2, 0.25) is 0 Å². The Balaban J connectivity index is 1.47. The van der Waals surface area contributed by atoms with Gasteiger partial charge in [0, 0.05) is 12.5 Å². The second kappa shape index (κ2) is 15.5. The van der Waals surface area contributed by atoms with Gasteiger partial charge in [-0.05, 0) is 86.6 Å². The van der Waals surface area contributed by atoms with Gasteiger partial charge in [0.1, 0.15) is 18.8 Å². The van der Waals surface area contributed by atoms with Crippen molar-refractivity contribution < 1.29 is 33.7 Å². The van der Waals surface area contributed by atoms with E-state index in [1.165, 1.54) is 0 Å². The molecule has 220 valence electrons. The smallest absolute Gasteiger partial charge is 0.338 e. The van der Waals surface area contributed by atoms with E-state index in [0.717, 1.165) is 51.4 Å². The summed E-state index contributed by atoms with van der Waals surface area (Å²) in [5.41, 5.74) is 1.07. The molecular weight excluding hydrogens is 520 g/mol. The van der Waals surface area contributed by atoms with Crippen molar-refractivity contribution in [3.63, 3.8) is 0 Å². The Morgan fingerprint density at radius 1 is 0.927 bits per heavy atom. The van der Waals surface area contributed by atoms with Crippen LogP contribution in [0.15, 0.2) is 72.8 Å². The molecule has 2 fully saturated rings. The van der Waals surface area contributed by atoms with E-state index in [9.17, 15) is 14.4 Å². The van der Waals surface area contributed by atoms with E-state index in [0.29, 0.717) is 35.5 Å². The Morgan fingerprint density at radius 3 is 2.27 bits per heavy atom. The van der Waals surface area contributed by atoms with E-state index < -0.39 is 5.97 Å². The number of carbonyl (C=O) groups excluding carboxylic acids is 2. The first-order chi connectivity index (χ1) is 19.9. The number of hydrogen-bond acceptors (Lipinski definition) is 6. The summed E-state index contributed by atoms with van der Waals surface area (Å²) in [6, 6.07) is 18.1. The van der Waals surface area contributed by atoms with Crippen LogP contribution in [-0.4, -0.2) is 48.4 Å². The fourth-order valence-electron chi connectivity index (χ4n) is 6.39. The van der Waals surface area contributed by atoms with Gasteiger partial charge in [-0.25, -0.2) is 14.4 Å². The van der Waals surface area contributed by atoms with Gasteiger partial charge in [-0.2, -0.15) is 0 Å². The summed E-state index contributed by atoms with van der Waals surface area (Å²) < 4.78 is 17.3. The molecule has 6 atom stereocenters.